The smallest absolute Gasteiger partial charge is 0.482 e. The highest BCUT2D eigenvalue weighted by atomic mass is 19.4. The summed E-state index contributed by atoms with van der Waals surface area (Å²) in [5.74, 6) is -1.66. The molecule has 1 unspecified atom stereocenters. The molecule has 3 fully saturated rings. The molecule has 5 aliphatic rings. The van der Waals surface area contributed by atoms with Gasteiger partial charge in [-0.1, -0.05) is 6.07 Å². The number of ketones is 1. The second-order valence-electron chi connectivity index (χ2n) is 11.6. The lowest BCUT2D eigenvalue weighted by Gasteiger charge is -2.63. The molecule has 1 spiro atoms. The number of carbonyl (C=O) groups is 2. The minimum absolute atomic E-state index is 0.0971. The molecular weight excluding hydrogens is 515 g/mol. The molecule has 1 amide bonds. The minimum Gasteiger partial charge on any atom is -0.504 e. The summed E-state index contributed by atoms with van der Waals surface area (Å²) in [6, 6.07) is 8.06. The number of phenolic OH excluding ortho intramolecular Hbond substituents is 1. The number of hydrogen-bond acceptors (Lipinski definition) is 7. The van der Waals surface area contributed by atoms with Gasteiger partial charge in [-0.25, -0.2) is 0 Å². The second-order valence-corrected chi connectivity index (χ2v) is 11.6. The van der Waals surface area contributed by atoms with Crippen LogP contribution in [0, 0.1) is 11.8 Å². The number of piperidine rings is 1. The van der Waals surface area contributed by atoms with Crippen LogP contribution in [0.2, 0.25) is 0 Å². The highest BCUT2D eigenvalue weighted by Crippen LogP contribution is 2.65. The van der Waals surface area contributed by atoms with Crippen LogP contribution in [-0.2, 0) is 21.4 Å². The van der Waals surface area contributed by atoms with Crippen LogP contribution >= 0.6 is 0 Å². The van der Waals surface area contributed by atoms with Gasteiger partial charge in [-0.05, 0) is 80.5 Å². The van der Waals surface area contributed by atoms with E-state index in [1.54, 1.807) is 6.07 Å². The van der Waals surface area contributed by atoms with E-state index in [2.05, 4.69) is 10.2 Å². The zero-order valence-corrected chi connectivity index (χ0v) is 20.9. The van der Waals surface area contributed by atoms with Gasteiger partial charge in [0.05, 0.1) is 11.0 Å². The van der Waals surface area contributed by atoms with Gasteiger partial charge in [0.15, 0.2) is 23.4 Å². The normalized spacial score (nSPS) is 32.8. The Morgan fingerprint density at radius 1 is 1.13 bits per heavy atom. The Hall–Kier alpha value is -3.31. The Kier molecular flexibility index (Phi) is 5.14. The van der Waals surface area contributed by atoms with Crippen LogP contribution < -0.4 is 15.4 Å². The Balaban J connectivity index is 1.23. The molecule has 2 bridgehead atoms. The Bertz CT molecular complexity index is 1380. The van der Waals surface area contributed by atoms with Crippen molar-refractivity contribution >= 4 is 23.1 Å². The first-order valence-corrected chi connectivity index (χ1v) is 13.3. The van der Waals surface area contributed by atoms with Crippen LogP contribution in [0.3, 0.4) is 0 Å². The summed E-state index contributed by atoms with van der Waals surface area (Å²) in [5, 5.41) is 27.3. The number of carbonyl (C=O) groups excluding carboxylic acids is 2. The first-order valence-electron chi connectivity index (χ1n) is 13.3. The van der Waals surface area contributed by atoms with Gasteiger partial charge >= 0.3 is 6.30 Å². The molecule has 8 nitrogen and oxygen atoms in total. The predicted octanol–water partition coefficient (Wildman–Crippen LogP) is 3.32. The third-order valence-electron chi connectivity index (χ3n) is 9.39. The van der Waals surface area contributed by atoms with Crippen molar-refractivity contribution in [3.05, 3.63) is 47.5 Å². The number of nitrogens with zero attached hydrogens (tertiary/aromatic N) is 1. The highest BCUT2D eigenvalue weighted by Gasteiger charge is 2.75. The van der Waals surface area contributed by atoms with Crippen LogP contribution in [0.4, 0.5) is 24.5 Å². The lowest BCUT2D eigenvalue weighted by molar-refractivity contribution is -0.197. The van der Waals surface area contributed by atoms with Crippen molar-refractivity contribution < 1.29 is 37.7 Å². The SMILES string of the molecule is O=C(Nc1ccc(NC(F)(F)F)cc1)C1C[C@@]2(O)[C@H]3Cc4ccc(O)c5c4[C@@]2(CCN3CC2CC2)[C@@H](O5)C1=O. The van der Waals surface area contributed by atoms with E-state index in [0.29, 0.717) is 30.9 Å². The summed E-state index contributed by atoms with van der Waals surface area (Å²) in [7, 11) is 0. The number of benzene rings is 2. The molecule has 2 aromatic rings. The molecule has 2 aromatic carbocycles. The number of alkyl halides is 3. The molecule has 39 heavy (non-hydrogen) atoms. The third-order valence-corrected chi connectivity index (χ3v) is 9.39. The van der Waals surface area contributed by atoms with Gasteiger partial charge in [-0.2, -0.15) is 13.2 Å². The standard InChI is InChI=1S/C28H28F3N3O5/c29-28(30,31)33-17-6-4-16(5-7-17)32-25(37)18-12-27(38)20-11-15-3-8-19(35)23-21(15)26(27,24(39-23)22(18)36)9-10-34(20)13-14-1-2-14/h3-8,14,18,20,24,33,35,38H,1-2,9-13H2,(H,32,37)/t18?,20-,24+,26+,27-/m1/s1. The fraction of sp³-hybridized carbons (Fsp3) is 0.500. The van der Waals surface area contributed by atoms with Crippen LogP contribution in [0.5, 0.6) is 11.5 Å². The largest absolute Gasteiger partial charge is 0.504 e. The minimum atomic E-state index is -4.59. The maximum Gasteiger partial charge on any atom is 0.482 e. The molecule has 0 aromatic heterocycles. The Labute approximate surface area is 222 Å². The number of likely N-dealkylation sites (tertiary alicyclic amines) is 1. The van der Waals surface area contributed by atoms with Crippen molar-refractivity contribution in [1.82, 2.24) is 4.90 Å². The van der Waals surface area contributed by atoms with Crippen molar-refractivity contribution in [3.8, 4) is 11.5 Å². The summed E-state index contributed by atoms with van der Waals surface area (Å²) in [6.45, 7) is 1.53. The van der Waals surface area contributed by atoms with E-state index in [0.717, 1.165) is 24.9 Å². The quantitative estimate of drug-likeness (QED) is 0.338. The number of ether oxygens (including phenoxy) is 1. The van der Waals surface area contributed by atoms with Crippen molar-refractivity contribution in [2.75, 3.05) is 23.7 Å². The van der Waals surface area contributed by atoms with Gasteiger partial charge in [-0.3, -0.25) is 19.8 Å². The summed E-state index contributed by atoms with van der Waals surface area (Å²) in [6.07, 6.45) is -2.55. The molecule has 5 atom stereocenters. The van der Waals surface area contributed by atoms with E-state index in [1.165, 1.54) is 29.6 Å². The first kappa shape index (κ1) is 24.7. The van der Waals surface area contributed by atoms with Gasteiger partial charge < -0.3 is 20.3 Å². The lowest BCUT2D eigenvalue weighted by Crippen LogP contribution is -2.78. The predicted molar refractivity (Wildman–Crippen MR) is 133 cm³/mol. The monoisotopic (exact) mass is 543 g/mol. The van der Waals surface area contributed by atoms with Crippen molar-refractivity contribution in [1.29, 1.82) is 0 Å². The molecule has 11 heteroatoms. The molecule has 0 radical (unpaired) electrons. The summed E-state index contributed by atoms with van der Waals surface area (Å²) < 4.78 is 43.9. The van der Waals surface area contributed by atoms with Gasteiger partial charge in [0.25, 0.3) is 0 Å². The van der Waals surface area contributed by atoms with Crippen molar-refractivity contribution in [3.63, 3.8) is 0 Å². The lowest BCUT2D eigenvalue weighted by atomic mass is 9.47. The fourth-order valence-corrected chi connectivity index (χ4v) is 7.55. The molecule has 2 heterocycles. The van der Waals surface area contributed by atoms with Crippen LogP contribution in [0.1, 0.15) is 36.8 Å². The number of Topliss-reactive ketones (excluding diaryl/α,β-unsaturated/α-hetero) is 1. The second kappa shape index (κ2) is 8.11. The van der Waals surface area contributed by atoms with Gasteiger partial charge in [-0.15, -0.1) is 0 Å². The van der Waals surface area contributed by atoms with Gasteiger partial charge in [0.1, 0.15) is 5.92 Å². The first-order chi connectivity index (χ1) is 18.5. The van der Waals surface area contributed by atoms with E-state index in [4.69, 9.17) is 4.74 Å². The average Bonchev–Trinajstić information content (AvgIpc) is 3.61. The van der Waals surface area contributed by atoms with E-state index in [9.17, 15) is 33.0 Å². The number of phenols is 1. The molecule has 2 saturated carbocycles. The zero-order chi connectivity index (χ0) is 27.3. The molecule has 4 N–H and O–H groups in total. The number of amides is 1. The molecular formula is C28H28F3N3O5. The van der Waals surface area contributed by atoms with Crippen molar-refractivity contribution in [2.24, 2.45) is 11.8 Å². The number of anilines is 2. The average molecular weight is 544 g/mol. The van der Waals surface area contributed by atoms with Crippen LogP contribution in [-0.4, -0.2) is 63.9 Å². The zero-order valence-electron chi connectivity index (χ0n) is 20.9. The maximum absolute atomic E-state index is 13.9. The fourth-order valence-electron chi connectivity index (χ4n) is 7.55. The topological polar surface area (TPSA) is 111 Å². The van der Waals surface area contributed by atoms with Gasteiger partial charge in [0.2, 0.25) is 5.91 Å². The molecule has 7 rings (SSSR count). The maximum atomic E-state index is 13.9. The van der Waals surface area contributed by atoms with Gasteiger partial charge in [0, 0.05) is 29.5 Å². The van der Waals surface area contributed by atoms with Crippen LogP contribution in [0.15, 0.2) is 36.4 Å². The summed E-state index contributed by atoms with van der Waals surface area (Å²) in [4.78, 5) is 29.7. The third kappa shape index (κ3) is 3.58. The summed E-state index contributed by atoms with van der Waals surface area (Å²) in [5.41, 5.74) is -0.835. The Morgan fingerprint density at radius 2 is 1.85 bits per heavy atom. The van der Waals surface area contributed by atoms with E-state index < -0.39 is 41.0 Å². The van der Waals surface area contributed by atoms with E-state index >= 15 is 0 Å². The number of aromatic hydroxyl groups is 1. The van der Waals surface area contributed by atoms with Crippen molar-refractivity contribution in [2.45, 2.75) is 61.6 Å². The number of halogens is 3. The summed E-state index contributed by atoms with van der Waals surface area (Å²) >= 11 is 0. The van der Waals surface area contributed by atoms with E-state index in [1.807, 2.05) is 6.07 Å². The number of nitrogens with one attached hydrogen (secondary N) is 2. The highest BCUT2D eigenvalue weighted by molar-refractivity contribution is 6.10. The number of aliphatic hydroxyl groups is 1. The van der Waals surface area contributed by atoms with E-state index in [-0.39, 0.29) is 35.3 Å². The molecule has 2 aliphatic heterocycles. The number of rotatable bonds is 5. The Morgan fingerprint density at radius 3 is 2.54 bits per heavy atom. The van der Waals surface area contributed by atoms with Crippen LogP contribution in [0.25, 0.3) is 0 Å². The molecule has 1 saturated heterocycles. The molecule has 3 aliphatic carbocycles. The molecule has 206 valence electrons. The number of hydrogen-bond donors (Lipinski definition) is 4.